The lowest BCUT2D eigenvalue weighted by Crippen LogP contribution is -2.48. The van der Waals surface area contributed by atoms with Gasteiger partial charge in [-0.2, -0.15) is 5.10 Å². The molecule has 0 fully saturated rings. The SMILES string of the molecule is CCN1c2cc(C)c(/C=N\NC(=O)c3ccncc3)cc2[C@@H](C)CC1(C)C. The summed E-state index contributed by atoms with van der Waals surface area (Å²) in [5.41, 5.74) is 8.14. The fraction of sp³-hybridized carbons (Fsp3) is 0.409. The molecule has 0 aliphatic carbocycles. The monoisotopic (exact) mass is 364 g/mol. The number of amides is 1. The Morgan fingerprint density at radius 2 is 2.07 bits per heavy atom. The summed E-state index contributed by atoms with van der Waals surface area (Å²) in [6, 6.07) is 7.80. The number of aryl methyl sites for hydroxylation is 1. The molecular weight excluding hydrogens is 336 g/mol. The summed E-state index contributed by atoms with van der Waals surface area (Å²) in [6.07, 6.45) is 6.03. The van der Waals surface area contributed by atoms with Gasteiger partial charge in [-0.3, -0.25) is 9.78 Å². The van der Waals surface area contributed by atoms with Gasteiger partial charge in [-0.15, -0.1) is 0 Å². The van der Waals surface area contributed by atoms with Crippen LogP contribution in [0.25, 0.3) is 0 Å². The van der Waals surface area contributed by atoms with Crippen LogP contribution in [0.15, 0.2) is 41.8 Å². The van der Waals surface area contributed by atoms with Gasteiger partial charge >= 0.3 is 0 Å². The maximum Gasteiger partial charge on any atom is 0.271 e. The number of hydrogen-bond acceptors (Lipinski definition) is 4. The van der Waals surface area contributed by atoms with Crippen LogP contribution in [-0.2, 0) is 0 Å². The number of rotatable bonds is 4. The molecule has 1 N–H and O–H groups in total. The van der Waals surface area contributed by atoms with E-state index in [1.807, 2.05) is 0 Å². The summed E-state index contributed by atoms with van der Waals surface area (Å²) in [5.74, 6) is 0.244. The number of nitrogens with one attached hydrogen (secondary N) is 1. The molecule has 1 aromatic carbocycles. The van der Waals surface area contributed by atoms with Crippen LogP contribution >= 0.6 is 0 Å². The van der Waals surface area contributed by atoms with Gasteiger partial charge in [0.05, 0.1) is 6.21 Å². The van der Waals surface area contributed by atoms with Crippen molar-refractivity contribution < 1.29 is 4.79 Å². The van der Waals surface area contributed by atoms with E-state index in [-0.39, 0.29) is 11.4 Å². The lowest BCUT2D eigenvalue weighted by molar-refractivity contribution is 0.0955. The van der Waals surface area contributed by atoms with Gasteiger partial charge in [-0.05, 0) is 81.0 Å². The normalized spacial score (nSPS) is 18.4. The predicted octanol–water partition coefficient (Wildman–Crippen LogP) is 4.27. The molecule has 1 aromatic heterocycles. The zero-order valence-electron chi connectivity index (χ0n) is 16.8. The Bertz CT molecular complexity index is 858. The summed E-state index contributed by atoms with van der Waals surface area (Å²) >= 11 is 0. The topological polar surface area (TPSA) is 57.6 Å². The third kappa shape index (κ3) is 3.87. The second kappa shape index (κ2) is 7.51. The van der Waals surface area contributed by atoms with Gasteiger partial charge in [0.1, 0.15) is 0 Å². The molecule has 142 valence electrons. The molecular formula is C22H28N4O. The molecule has 2 heterocycles. The summed E-state index contributed by atoms with van der Waals surface area (Å²) in [4.78, 5) is 18.5. The van der Waals surface area contributed by atoms with E-state index in [1.54, 1.807) is 30.7 Å². The Morgan fingerprint density at radius 3 is 2.74 bits per heavy atom. The van der Waals surface area contributed by atoms with Gasteiger partial charge in [0.25, 0.3) is 5.91 Å². The highest BCUT2D eigenvalue weighted by atomic mass is 16.2. The van der Waals surface area contributed by atoms with E-state index in [1.165, 1.54) is 11.3 Å². The Labute approximate surface area is 161 Å². The first-order valence-electron chi connectivity index (χ1n) is 9.49. The molecule has 0 bridgehead atoms. The number of nitrogens with zero attached hydrogens (tertiary/aromatic N) is 3. The molecule has 0 unspecified atom stereocenters. The van der Waals surface area contributed by atoms with Crippen molar-refractivity contribution in [2.75, 3.05) is 11.4 Å². The van der Waals surface area contributed by atoms with Gasteiger partial charge in [0.2, 0.25) is 0 Å². The van der Waals surface area contributed by atoms with Crippen LogP contribution in [0.1, 0.15) is 67.1 Å². The highest BCUT2D eigenvalue weighted by molar-refractivity contribution is 5.95. The number of carbonyl (C=O) groups excluding carboxylic acids is 1. The number of anilines is 1. The summed E-state index contributed by atoms with van der Waals surface area (Å²) in [5, 5.41) is 4.16. The van der Waals surface area contributed by atoms with E-state index in [0.717, 1.165) is 24.1 Å². The van der Waals surface area contributed by atoms with Crippen LogP contribution in [0.2, 0.25) is 0 Å². The number of benzene rings is 1. The van der Waals surface area contributed by atoms with Crippen molar-refractivity contribution in [1.82, 2.24) is 10.4 Å². The van der Waals surface area contributed by atoms with Gasteiger partial charge in [0.15, 0.2) is 0 Å². The van der Waals surface area contributed by atoms with Gasteiger partial charge in [-0.25, -0.2) is 5.43 Å². The third-order valence-electron chi connectivity index (χ3n) is 5.40. The highest BCUT2D eigenvalue weighted by Crippen LogP contribution is 2.43. The zero-order chi connectivity index (χ0) is 19.6. The first-order valence-corrected chi connectivity index (χ1v) is 9.49. The molecule has 1 amide bonds. The van der Waals surface area contributed by atoms with E-state index in [0.29, 0.717) is 11.5 Å². The fourth-order valence-electron chi connectivity index (χ4n) is 4.12. The molecule has 1 aliphatic heterocycles. The molecule has 0 saturated heterocycles. The molecule has 2 aromatic rings. The molecule has 0 radical (unpaired) electrons. The molecule has 3 rings (SSSR count). The minimum atomic E-state index is -0.239. The third-order valence-corrected chi connectivity index (χ3v) is 5.40. The number of hydrogen-bond donors (Lipinski definition) is 1. The first-order chi connectivity index (χ1) is 12.8. The van der Waals surface area contributed by atoms with Crippen molar-refractivity contribution in [3.8, 4) is 0 Å². The minimum absolute atomic E-state index is 0.154. The number of hydrazone groups is 1. The number of carbonyl (C=O) groups is 1. The van der Waals surface area contributed by atoms with Crippen molar-refractivity contribution in [2.45, 2.75) is 52.5 Å². The Morgan fingerprint density at radius 1 is 1.37 bits per heavy atom. The Hall–Kier alpha value is -2.69. The van der Waals surface area contributed by atoms with Crippen LogP contribution in [0, 0.1) is 6.92 Å². The zero-order valence-corrected chi connectivity index (χ0v) is 16.8. The molecule has 5 nitrogen and oxygen atoms in total. The Balaban J connectivity index is 1.84. The average Bonchev–Trinajstić information content (AvgIpc) is 2.63. The Kier molecular flexibility index (Phi) is 5.31. The largest absolute Gasteiger partial charge is 0.366 e. The van der Waals surface area contributed by atoms with Crippen LogP contribution in [0.3, 0.4) is 0 Å². The maximum atomic E-state index is 12.1. The smallest absolute Gasteiger partial charge is 0.271 e. The van der Waals surface area contributed by atoms with Crippen LogP contribution in [0.4, 0.5) is 5.69 Å². The van der Waals surface area contributed by atoms with E-state index >= 15 is 0 Å². The standard InChI is InChI=1S/C22H28N4O/c1-6-26-20-11-15(2)18(12-19(20)16(3)13-22(26,4)5)14-24-25-21(27)17-7-9-23-10-8-17/h7-12,14,16H,6,13H2,1-5H3,(H,25,27)/b24-14-/t16-/m0/s1. The second-order valence-corrected chi connectivity index (χ2v) is 7.86. The van der Waals surface area contributed by atoms with Gasteiger partial charge in [0, 0.05) is 35.7 Å². The maximum absolute atomic E-state index is 12.1. The van der Waals surface area contributed by atoms with Crippen LogP contribution in [0.5, 0.6) is 0 Å². The van der Waals surface area contributed by atoms with Gasteiger partial charge < -0.3 is 4.90 Å². The predicted molar refractivity (Wildman–Crippen MR) is 111 cm³/mol. The summed E-state index contributed by atoms with van der Waals surface area (Å²) in [7, 11) is 0. The number of pyridine rings is 1. The van der Waals surface area contributed by atoms with Crippen molar-refractivity contribution >= 4 is 17.8 Å². The van der Waals surface area contributed by atoms with E-state index < -0.39 is 0 Å². The van der Waals surface area contributed by atoms with E-state index in [2.05, 4.69) is 67.2 Å². The highest BCUT2D eigenvalue weighted by Gasteiger charge is 2.35. The molecule has 1 atom stereocenters. The van der Waals surface area contributed by atoms with Crippen molar-refractivity contribution in [1.29, 1.82) is 0 Å². The summed E-state index contributed by atoms with van der Waals surface area (Å²) in [6.45, 7) is 12.2. The van der Waals surface area contributed by atoms with Crippen LogP contribution in [-0.4, -0.2) is 29.2 Å². The lowest BCUT2D eigenvalue weighted by Gasteiger charge is -2.47. The molecule has 0 saturated carbocycles. The van der Waals surface area contributed by atoms with E-state index in [4.69, 9.17) is 0 Å². The second-order valence-electron chi connectivity index (χ2n) is 7.86. The average molecular weight is 364 g/mol. The molecule has 5 heteroatoms. The molecule has 1 aliphatic rings. The first kappa shape index (κ1) is 19.1. The molecule has 27 heavy (non-hydrogen) atoms. The van der Waals surface area contributed by atoms with Crippen LogP contribution < -0.4 is 10.3 Å². The van der Waals surface area contributed by atoms with Crippen molar-refractivity contribution in [3.63, 3.8) is 0 Å². The molecule has 0 spiro atoms. The quantitative estimate of drug-likeness (QED) is 0.651. The van der Waals surface area contributed by atoms with Crippen molar-refractivity contribution in [2.24, 2.45) is 5.10 Å². The lowest BCUT2D eigenvalue weighted by atomic mass is 9.79. The number of fused-ring (bicyclic) bond motifs is 1. The van der Waals surface area contributed by atoms with E-state index in [9.17, 15) is 4.79 Å². The summed E-state index contributed by atoms with van der Waals surface area (Å²) < 4.78 is 0. The minimum Gasteiger partial charge on any atom is -0.366 e. The fourth-order valence-corrected chi connectivity index (χ4v) is 4.12. The number of aromatic nitrogens is 1. The van der Waals surface area contributed by atoms with Crippen molar-refractivity contribution in [3.05, 3.63) is 58.9 Å². The van der Waals surface area contributed by atoms with Gasteiger partial charge in [-0.1, -0.05) is 6.92 Å².